The first-order valence-electron chi connectivity index (χ1n) is 6.21. The zero-order valence-corrected chi connectivity index (χ0v) is 10.2. The second-order valence-electron chi connectivity index (χ2n) is 5.51. The Kier molecular flexibility index (Phi) is 2.52. The van der Waals surface area contributed by atoms with Gasteiger partial charge in [0.25, 0.3) is 0 Å². The summed E-state index contributed by atoms with van der Waals surface area (Å²) in [7, 11) is 0. The molecule has 19 heavy (non-hydrogen) atoms. The van der Waals surface area contributed by atoms with E-state index in [1.807, 2.05) is 6.92 Å². The van der Waals surface area contributed by atoms with Gasteiger partial charge in [0.1, 0.15) is 12.4 Å². The second-order valence-corrected chi connectivity index (χ2v) is 5.51. The van der Waals surface area contributed by atoms with Gasteiger partial charge in [-0.15, -0.1) is 0 Å². The Hall–Kier alpha value is -1.11. The van der Waals surface area contributed by atoms with Crippen LogP contribution in [0, 0.1) is 17.3 Å². The first-order valence-corrected chi connectivity index (χ1v) is 6.21. The van der Waals surface area contributed by atoms with Gasteiger partial charge in [0.2, 0.25) is 0 Å². The molecule has 2 saturated carbocycles. The van der Waals surface area contributed by atoms with E-state index in [9.17, 15) is 22.8 Å². The van der Waals surface area contributed by atoms with E-state index in [1.165, 1.54) is 0 Å². The van der Waals surface area contributed by atoms with E-state index in [2.05, 4.69) is 4.74 Å². The third-order valence-corrected chi connectivity index (χ3v) is 4.57. The topological polar surface area (TPSA) is 55.9 Å². The van der Waals surface area contributed by atoms with E-state index in [0.29, 0.717) is 12.8 Å². The number of fused-ring (bicyclic) bond motifs is 1. The zero-order chi connectivity index (χ0) is 14.0. The lowest BCUT2D eigenvalue weighted by atomic mass is 9.96. The highest BCUT2D eigenvalue weighted by Gasteiger charge is 2.77. The molecule has 5 atom stereocenters. The normalized spacial score (nSPS) is 43.9. The number of epoxide rings is 1. The molecule has 0 radical (unpaired) electrons. The summed E-state index contributed by atoms with van der Waals surface area (Å²) in [5, 5.41) is 0. The number of ketones is 1. The fraction of sp³-hybridized carbons (Fsp3) is 0.833. The van der Waals surface area contributed by atoms with E-state index in [-0.39, 0.29) is 29.8 Å². The van der Waals surface area contributed by atoms with Crippen LogP contribution in [0.5, 0.6) is 0 Å². The molecule has 0 unspecified atom stereocenters. The highest BCUT2D eigenvalue weighted by Crippen LogP contribution is 2.70. The number of alkyl halides is 3. The summed E-state index contributed by atoms with van der Waals surface area (Å²) in [6.07, 6.45) is -4.04. The largest absolute Gasteiger partial charge is 0.490 e. The van der Waals surface area contributed by atoms with Gasteiger partial charge >= 0.3 is 12.1 Å². The molecule has 3 fully saturated rings. The van der Waals surface area contributed by atoms with Crippen molar-refractivity contribution in [2.45, 2.75) is 38.1 Å². The monoisotopic (exact) mass is 278 g/mol. The van der Waals surface area contributed by atoms with Gasteiger partial charge in [0.05, 0.1) is 17.6 Å². The summed E-state index contributed by atoms with van der Waals surface area (Å²) in [5.41, 5.74) is -0.906. The molecule has 2 aliphatic carbocycles. The van der Waals surface area contributed by atoms with Crippen molar-refractivity contribution in [2.75, 3.05) is 6.61 Å². The van der Waals surface area contributed by atoms with Crippen molar-refractivity contribution in [3.63, 3.8) is 0 Å². The lowest BCUT2D eigenvalue weighted by Gasteiger charge is -2.14. The molecule has 0 aromatic carbocycles. The highest BCUT2D eigenvalue weighted by atomic mass is 19.4. The van der Waals surface area contributed by atoms with Crippen LogP contribution in [0.25, 0.3) is 0 Å². The minimum atomic E-state index is -5.01. The standard InChI is InChI=1S/C12H13F3O4/c1-5-9(19-5)8-6-2-3-7(16)11(6,8)4-18-10(17)12(13,14)15/h5-6,8-9H,2-4H2,1H3/t5-,6+,8-,9+,11-/m0/s1. The Balaban J connectivity index is 1.68. The summed E-state index contributed by atoms with van der Waals surface area (Å²) < 4.78 is 45.9. The van der Waals surface area contributed by atoms with Crippen LogP contribution in [0.15, 0.2) is 0 Å². The lowest BCUT2D eigenvalue weighted by Crippen LogP contribution is -2.31. The zero-order valence-electron chi connectivity index (χ0n) is 10.2. The number of Topliss-reactive ketones (excluding diaryl/α,β-unsaturated/α-hetero) is 1. The number of rotatable bonds is 3. The summed E-state index contributed by atoms with van der Waals surface area (Å²) >= 11 is 0. The fourth-order valence-corrected chi connectivity index (χ4v) is 3.55. The molecule has 0 amide bonds. The van der Waals surface area contributed by atoms with E-state index in [1.54, 1.807) is 0 Å². The first-order chi connectivity index (χ1) is 8.78. The minimum Gasteiger partial charge on any atom is -0.458 e. The summed E-state index contributed by atoms with van der Waals surface area (Å²) in [6, 6.07) is 0. The fourth-order valence-electron chi connectivity index (χ4n) is 3.55. The minimum absolute atomic E-state index is 0.0102. The quantitative estimate of drug-likeness (QED) is 0.579. The molecule has 3 rings (SSSR count). The van der Waals surface area contributed by atoms with Gasteiger partial charge in [-0.2, -0.15) is 13.2 Å². The van der Waals surface area contributed by atoms with E-state index in [4.69, 9.17) is 4.74 Å². The van der Waals surface area contributed by atoms with Crippen molar-refractivity contribution in [1.29, 1.82) is 0 Å². The smallest absolute Gasteiger partial charge is 0.458 e. The van der Waals surface area contributed by atoms with Crippen LogP contribution >= 0.6 is 0 Å². The molecule has 106 valence electrons. The van der Waals surface area contributed by atoms with Crippen LogP contribution in [-0.4, -0.2) is 36.7 Å². The number of ether oxygens (including phenoxy) is 2. The van der Waals surface area contributed by atoms with Gasteiger partial charge in [-0.3, -0.25) is 4.79 Å². The van der Waals surface area contributed by atoms with Gasteiger partial charge in [0, 0.05) is 12.3 Å². The van der Waals surface area contributed by atoms with Crippen LogP contribution in [-0.2, 0) is 19.1 Å². The number of halogens is 3. The first kappa shape index (κ1) is 12.9. The molecule has 1 heterocycles. The van der Waals surface area contributed by atoms with E-state index in [0.717, 1.165) is 0 Å². The average Bonchev–Trinajstić information content (AvgIpc) is 3.14. The van der Waals surface area contributed by atoms with Crippen LogP contribution in [0.4, 0.5) is 13.2 Å². The van der Waals surface area contributed by atoms with E-state index < -0.39 is 24.2 Å². The van der Waals surface area contributed by atoms with Crippen molar-refractivity contribution in [3.8, 4) is 0 Å². The molecular weight excluding hydrogens is 265 g/mol. The molecule has 0 N–H and O–H groups in total. The van der Waals surface area contributed by atoms with Gasteiger partial charge in [-0.05, 0) is 19.3 Å². The van der Waals surface area contributed by atoms with Crippen LogP contribution in [0.2, 0.25) is 0 Å². The van der Waals surface area contributed by atoms with Gasteiger partial charge in [0.15, 0.2) is 0 Å². The lowest BCUT2D eigenvalue weighted by molar-refractivity contribution is -0.201. The van der Waals surface area contributed by atoms with Crippen molar-refractivity contribution in [3.05, 3.63) is 0 Å². The molecule has 1 aliphatic heterocycles. The van der Waals surface area contributed by atoms with Crippen LogP contribution < -0.4 is 0 Å². The third-order valence-electron chi connectivity index (χ3n) is 4.57. The Morgan fingerprint density at radius 3 is 2.68 bits per heavy atom. The molecule has 4 nitrogen and oxygen atoms in total. The molecule has 0 aromatic rings. The highest BCUT2D eigenvalue weighted by molar-refractivity contribution is 5.92. The summed E-state index contributed by atoms with van der Waals surface area (Å²) in [5.74, 6) is -2.39. The number of hydrogen-bond acceptors (Lipinski definition) is 4. The maximum atomic E-state index is 12.1. The van der Waals surface area contributed by atoms with Crippen LogP contribution in [0.1, 0.15) is 19.8 Å². The number of carbonyl (C=O) groups excluding carboxylic acids is 2. The summed E-state index contributed by atoms with van der Waals surface area (Å²) in [4.78, 5) is 22.7. The Morgan fingerprint density at radius 2 is 2.16 bits per heavy atom. The third kappa shape index (κ3) is 1.78. The predicted octanol–water partition coefficient (Wildman–Crippen LogP) is 1.47. The van der Waals surface area contributed by atoms with Crippen molar-refractivity contribution < 1.29 is 32.2 Å². The van der Waals surface area contributed by atoms with Crippen molar-refractivity contribution in [1.82, 2.24) is 0 Å². The second kappa shape index (κ2) is 3.71. The predicted molar refractivity (Wildman–Crippen MR) is 55.0 cm³/mol. The SMILES string of the molecule is C[C@@H]1O[C@H]1[C@@H]1[C@H]2CCC(=O)[C@@]12COC(=O)C(F)(F)F. The molecule has 0 spiro atoms. The van der Waals surface area contributed by atoms with E-state index >= 15 is 0 Å². The Labute approximate surface area is 107 Å². The molecule has 0 bridgehead atoms. The Bertz CT molecular complexity index is 447. The molecule has 0 aromatic heterocycles. The average molecular weight is 278 g/mol. The van der Waals surface area contributed by atoms with Crippen LogP contribution in [0.3, 0.4) is 0 Å². The Morgan fingerprint density at radius 1 is 1.53 bits per heavy atom. The van der Waals surface area contributed by atoms with Gasteiger partial charge < -0.3 is 9.47 Å². The maximum Gasteiger partial charge on any atom is 0.490 e. The summed E-state index contributed by atoms with van der Waals surface area (Å²) in [6.45, 7) is 1.39. The van der Waals surface area contributed by atoms with Crippen molar-refractivity contribution >= 4 is 11.8 Å². The van der Waals surface area contributed by atoms with Gasteiger partial charge in [-0.1, -0.05) is 0 Å². The number of hydrogen-bond donors (Lipinski definition) is 0. The maximum absolute atomic E-state index is 12.1. The molecule has 7 heteroatoms. The van der Waals surface area contributed by atoms with Gasteiger partial charge in [-0.25, -0.2) is 4.79 Å². The van der Waals surface area contributed by atoms with Crippen molar-refractivity contribution in [2.24, 2.45) is 17.3 Å². The molecule has 1 saturated heterocycles. The number of esters is 1. The molecular formula is C12H13F3O4. The number of carbonyl (C=O) groups is 2. The molecule has 3 aliphatic rings.